The predicted molar refractivity (Wildman–Crippen MR) is 84.1 cm³/mol. The van der Waals surface area contributed by atoms with E-state index in [1.807, 2.05) is 16.7 Å². The van der Waals surface area contributed by atoms with Crippen LogP contribution in [0.25, 0.3) is 0 Å². The van der Waals surface area contributed by atoms with E-state index in [1.165, 1.54) is 44.9 Å². The van der Waals surface area contributed by atoms with Crippen LogP contribution in [0.15, 0.2) is 4.99 Å². The van der Waals surface area contributed by atoms with Crippen molar-refractivity contribution in [3.05, 3.63) is 0 Å². The summed E-state index contributed by atoms with van der Waals surface area (Å²) in [5.41, 5.74) is 0.320. The second-order valence-electron chi connectivity index (χ2n) is 6.28. The first kappa shape index (κ1) is 14.2. The van der Waals surface area contributed by atoms with E-state index in [9.17, 15) is 4.79 Å². The minimum atomic E-state index is 0.280. The molecule has 1 N–H and O–H groups in total. The van der Waals surface area contributed by atoms with E-state index in [0.29, 0.717) is 18.5 Å². The first-order chi connectivity index (χ1) is 9.77. The van der Waals surface area contributed by atoms with E-state index in [2.05, 4.69) is 10.3 Å². The van der Waals surface area contributed by atoms with Crippen molar-refractivity contribution < 1.29 is 4.79 Å². The Hall–Kier alpha value is -0.710. The zero-order valence-corrected chi connectivity index (χ0v) is 13.0. The highest BCUT2D eigenvalue weighted by molar-refractivity contribution is 8.14. The number of hydrogen-bond donors (Lipinski definition) is 1. The third-order valence-corrected chi connectivity index (χ3v) is 5.91. The Bertz CT molecular complexity index is 385. The molecule has 0 aromatic heterocycles. The van der Waals surface area contributed by atoms with Gasteiger partial charge >= 0.3 is 0 Å². The second kappa shape index (κ2) is 6.37. The molecule has 3 aliphatic rings. The van der Waals surface area contributed by atoms with Crippen molar-refractivity contribution in [2.45, 2.75) is 56.9 Å². The molecular formula is C15H25N3OS. The highest BCUT2D eigenvalue weighted by Gasteiger charge is 2.37. The van der Waals surface area contributed by atoms with E-state index >= 15 is 0 Å². The maximum absolute atomic E-state index is 11.9. The maximum Gasteiger partial charge on any atom is 0.224 e. The molecule has 0 unspecified atom stereocenters. The Balaban J connectivity index is 1.44. The molecule has 112 valence electrons. The van der Waals surface area contributed by atoms with E-state index in [0.717, 1.165) is 24.0 Å². The van der Waals surface area contributed by atoms with Crippen molar-refractivity contribution in [2.75, 3.05) is 25.4 Å². The van der Waals surface area contributed by atoms with E-state index in [1.54, 1.807) is 0 Å². The fraction of sp³-hybridized carbons (Fsp3) is 0.867. The van der Waals surface area contributed by atoms with Gasteiger partial charge in [-0.15, -0.1) is 0 Å². The molecule has 5 heteroatoms. The summed E-state index contributed by atoms with van der Waals surface area (Å²) in [6.07, 6.45) is 9.53. The largest absolute Gasteiger partial charge is 0.359 e. The van der Waals surface area contributed by atoms with Crippen molar-refractivity contribution in [2.24, 2.45) is 4.99 Å². The monoisotopic (exact) mass is 295 g/mol. The molecule has 1 aliphatic carbocycles. The molecule has 0 aromatic rings. The van der Waals surface area contributed by atoms with Crippen molar-refractivity contribution in [1.82, 2.24) is 10.2 Å². The summed E-state index contributed by atoms with van der Waals surface area (Å²) < 4.78 is 0. The molecule has 2 aliphatic heterocycles. The van der Waals surface area contributed by atoms with Gasteiger partial charge in [-0.2, -0.15) is 0 Å². The van der Waals surface area contributed by atoms with Crippen LogP contribution in [-0.2, 0) is 4.79 Å². The van der Waals surface area contributed by atoms with E-state index < -0.39 is 0 Å². The van der Waals surface area contributed by atoms with Crippen LogP contribution in [-0.4, -0.2) is 46.9 Å². The van der Waals surface area contributed by atoms with Gasteiger partial charge in [0.1, 0.15) is 0 Å². The fourth-order valence-corrected chi connectivity index (χ4v) is 4.71. The van der Waals surface area contributed by atoms with Crippen LogP contribution in [0.2, 0.25) is 0 Å². The average Bonchev–Trinajstić information content (AvgIpc) is 3.10. The third-order valence-electron chi connectivity index (χ3n) is 4.71. The molecule has 3 fully saturated rings. The Labute approximate surface area is 125 Å². The van der Waals surface area contributed by atoms with Crippen LogP contribution in [0, 0.1) is 0 Å². The zero-order chi connectivity index (χ0) is 13.8. The van der Waals surface area contributed by atoms with Crippen molar-refractivity contribution >= 4 is 22.8 Å². The number of nitrogens with one attached hydrogen (secondary N) is 1. The molecule has 0 aromatic carbocycles. The molecule has 0 radical (unpaired) electrons. The Morgan fingerprint density at radius 3 is 2.70 bits per heavy atom. The Kier molecular flexibility index (Phi) is 4.54. The molecule has 2 saturated heterocycles. The lowest BCUT2D eigenvalue weighted by atomic mass is 9.83. The minimum Gasteiger partial charge on any atom is -0.359 e. The van der Waals surface area contributed by atoms with Crippen LogP contribution in [0.5, 0.6) is 0 Å². The van der Waals surface area contributed by atoms with Gasteiger partial charge in [-0.05, 0) is 25.7 Å². The molecule has 4 nitrogen and oxygen atoms in total. The quantitative estimate of drug-likeness (QED) is 0.869. The van der Waals surface area contributed by atoms with Crippen LogP contribution < -0.4 is 5.32 Å². The second-order valence-corrected chi connectivity index (χ2v) is 7.24. The third kappa shape index (κ3) is 3.30. The van der Waals surface area contributed by atoms with Gasteiger partial charge in [-0.3, -0.25) is 9.79 Å². The number of hydrogen-bond acceptors (Lipinski definition) is 3. The Morgan fingerprint density at radius 1 is 1.20 bits per heavy atom. The number of nitrogens with zero attached hydrogens (tertiary/aromatic N) is 2. The fourth-order valence-electron chi connectivity index (χ4n) is 3.47. The normalized spacial score (nSPS) is 27.2. The van der Waals surface area contributed by atoms with Crippen LogP contribution in [0.4, 0.5) is 0 Å². The number of carbonyl (C=O) groups excluding carboxylic acids is 1. The van der Waals surface area contributed by atoms with Gasteiger partial charge in [-0.1, -0.05) is 31.0 Å². The molecular weight excluding hydrogens is 270 g/mol. The van der Waals surface area contributed by atoms with Crippen LogP contribution in [0.3, 0.4) is 0 Å². The van der Waals surface area contributed by atoms with Gasteiger partial charge in [-0.25, -0.2) is 0 Å². The topological polar surface area (TPSA) is 44.7 Å². The lowest BCUT2D eigenvalue weighted by Crippen LogP contribution is -2.45. The molecule has 20 heavy (non-hydrogen) atoms. The number of amidine groups is 1. The summed E-state index contributed by atoms with van der Waals surface area (Å²) in [4.78, 5) is 18.5. The maximum atomic E-state index is 11.9. The van der Waals surface area contributed by atoms with Crippen molar-refractivity contribution in [1.29, 1.82) is 0 Å². The van der Waals surface area contributed by atoms with Crippen LogP contribution in [0.1, 0.15) is 51.4 Å². The molecule has 1 amide bonds. The van der Waals surface area contributed by atoms with E-state index in [-0.39, 0.29) is 5.91 Å². The Morgan fingerprint density at radius 2 is 1.95 bits per heavy atom. The summed E-state index contributed by atoms with van der Waals surface area (Å²) >= 11 is 1.85. The number of thioether (sulfide) groups is 1. The first-order valence-corrected chi connectivity index (χ1v) is 8.99. The SMILES string of the molecule is O=C(CCN=C1NC2(CCCCC2)CS1)N1CCCC1. The number of aliphatic imine (C=N–C) groups is 1. The summed E-state index contributed by atoms with van der Waals surface area (Å²) in [5.74, 6) is 1.44. The molecule has 0 bridgehead atoms. The molecule has 1 saturated carbocycles. The summed E-state index contributed by atoms with van der Waals surface area (Å²) in [7, 11) is 0. The lowest BCUT2D eigenvalue weighted by Gasteiger charge is -2.32. The predicted octanol–water partition coefficient (Wildman–Crippen LogP) is 2.39. The van der Waals surface area contributed by atoms with Gasteiger partial charge in [0, 0.05) is 30.8 Å². The summed E-state index contributed by atoms with van der Waals surface area (Å²) in [6, 6.07) is 0. The van der Waals surface area contributed by atoms with Crippen LogP contribution >= 0.6 is 11.8 Å². The average molecular weight is 295 g/mol. The molecule has 2 heterocycles. The van der Waals surface area contributed by atoms with Gasteiger partial charge in [0.05, 0.1) is 6.54 Å². The van der Waals surface area contributed by atoms with E-state index in [4.69, 9.17) is 0 Å². The highest BCUT2D eigenvalue weighted by Crippen LogP contribution is 2.36. The number of rotatable bonds is 3. The van der Waals surface area contributed by atoms with Gasteiger partial charge in [0.2, 0.25) is 5.91 Å². The van der Waals surface area contributed by atoms with Gasteiger partial charge in [0.15, 0.2) is 5.17 Å². The number of amides is 1. The molecule has 1 spiro atoms. The van der Waals surface area contributed by atoms with Crippen molar-refractivity contribution in [3.8, 4) is 0 Å². The summed E-state index contributed by atoms with van der Waals surface area (Å²) in [5, 5.41) is 4.71. The number of carbonyl (C=O) groups is 1. The first-order valence-electron chi connectivity index (χ1n) is 8.01. The highest BCUT2D eigenvalue weighted by atomic mass is 32.2. The molecule has 3 rings (SSSR count). The molecule has 0 atom stereocenters. The standard InChI is InChI=1S/C15H25N3OS/c19-13(18-10-4-5-11-18)6-9-16-14-17-15(12-20-14)7-2-1-3-8-15/h1-12H2,(H,16,17). The lowest BCUT2D eigenvalue weighted by molar-refractivity contribution is -0.129. The van der Waals surface area contributed by atoms with Crippen molar-refractivity contribution in [3.63, 3.8) is 0 Å². The minimum absolute atomic E-state index is 0.280. The number of likely N-dealkylation sites (tertiary alicyclic amines) is 1. The smallest absolute Gasteiger partial charge is 0.224 e. The van der Waals surface area contributed by atoms with Gasteiger partial charge in [0.25, 0.3) is 0 Å². The zero-order valence-electron chi connectivity index (χ0n) is 12.2. The van der Waals surface area contributed by atoms with Gasteiger partial charge < -0.3 is 10.2 Å². The summed E-state index contributed by atoms with van der Waals surface area (Å²) in [6.45, 7) is 2.54.